The van der Waals surface area contributed by atoms with Crippen LogP contribution in [0.3, 0.4) is 0 Å². The first-order valence-electron chi connectivity index (χ1n) is 8.24. The van der Waals surface area contributed by atoms with Gasteiger partial charge in [0.05, 0.1) is 6.54 Å². The molecule has 0 aliphatic heterocycles. The largest absolute Gasteiger partial charge is 0.345 e. The highest BCUT2D eigenvalue weighted by Gasteiger charge is 2.12. The molecule has 2 aromatic carbocycles. The number of nitrogens with zero attached hydrogens (tertiary/aromatic N) is 3. The highest BCUT2D eigenvalue weighted by Crippen LogP contribution is 2.27. The summed E-state index contributed by atoms with van der Waals surface area (Å²) in [7, 11) is 1.87. The van der Waals surface area contributed by atoms with Crippen molar-refractivity contribution in [1.82, 2.24) is 20.1 Å². The number of amides is 1. The molecular formula is C19H18Cl2N4OS. The second-order valence-electron chi connectivity index (χ2n) is 6.03. The molecule has 0 aliphatic carbocycles. The summed E-state index contributed by atoms with van der Waals surface area (Å²) in [5.74, 6) is 1.19. The predicted octanol–water partition coefficient (Wildman–Crippen LogP) is 4.65. The van der Waals surface area contributed by atoms with Gasteiger partial charge in [0.1, 0.15) is 0 Å². The van der Waals surface area contributed by atoms with Gasteiger partial charge < -0.3 is 9.88 Å². The topological polar surface area (TPSA) is 59.8 Å². The van der Waals surface area contributed by atoms with E-state index in [-0.39, 0.29) is 5.91 Å². The normalized spacial score (nSPS) is 10.8. The fourth-order valence-electron chi connectivity index (χ4n) is 2.37. The van der Waals surface area contributed by atoms with Crippen LogP contribution in [0.5, 0.6) is 0 Å². The molecule has 0 bridgehead atoms. The highest BCUT2D eigenvalue weighted by atomic mass is 35.5. The third kappa shape index (κ3) is 5.03. The van der Waals surface area contributed by atoms with E-state index in [1.54, 1.807) is 18.2 Å². The molecule has 8 heteroatoms. The van der Waals surface area contributed by atoms with Gasteiger partial charge >= 0.3 is 0 Å². The van der Waals surface area contributed by atoms with Crippen LogP contribution in [-0.4, -0.2) is 20.7 Å². The predicted molar refractivity (Wildman–Crippen MR) is 109 cm³/mol. The Kier molecular flexibility index (Phi) is 6.42. The number of hydrogen-bond acceptors (Lipinski definition) is 4. The lowest BCUT2D eigenvalue weighted by atomic mass is 10.1. The first-order valence-corrected chi connectivity index (χ1v) is 9.98. The van der Waals surface area contributed by atoms with E-state index in [9.17, 15) is 4.79 Å². The lowest BCUT2D eigenvalue weighted by Crippen LogP contribution is -2.24. The summed E-state index contributed by atoms with van der Waals surface area (Å²) >= 11 is 13.7. The van der Waals surface area contributed by atoms with Gasteiger partial charge in [0, 0.05) is 28.4 Å². The van der Waals surface area contributed by atoms with Crippen molar-refractivity contribution in [3.8, 4) is 0 Å². The molecule has 0 saturated heterocycles. The van der Waals surface area contributed by atoms with Crippen molar-refractivity contribution >= 4 is 40.9 Å². The van der Waals surface area contributed by atoms with Gasteiger partial charge in [-0.3, -0.25) is 4.79 Å². The summed E-state index contributed by atoms with van der Waals surface area (Å²) < 4.78 is 1.86. The standard InChI is InChI=1S/C19H18Cl2N4OS/c1-12-3-5-13(6-4-12)18(26)22-10-17-23-24-19(25(17)2)27-11-14-7-8-15(20)9-16(14)21/h3-9H,10-11H2,1-2H3,(H,22,26). The van der Waals surface area contributed by atoms with Crippen molar-refractivity contribution in [2.24, 2.45) is 7.05 Å². The molecular weight excluding hydrogens is 403 g/mol. The molecule has 3 aromatic rings. The molecule has 0 radical (unpaired) electrons. The second kappa shape index (κ2) is 8.78. The third-order valence-electron chi connectivity index (χ3n) is 4.02. The molecule has 3 rings (SSSR count). The summed E-state index contributed by atoms with van der Waals surface area (Å²) in [4.78, 5) is 12.2. The molecule has 1 amide bonds. The number of hydrogen-bond donors (Lipinski definition) is 1. The minimum Gasteiger partial charge on any atom is -0.345 e. The monoisotopic (exact) mass is 420 g/mol. The van der Waals surface area contributed by atoms with E-state index in [4.69, 9.17) is 23.2 Å². The van der Waals surface area contributed by atoms with Crippen LogP contribution in [0.15, 0.2) is 47.6 Å². The van der Waals surface area contributed by atoms with Gasteiger partial charge in [0.2, 0.25) is 0 Å². The van der Waals surface area contributed by atoms with Gasteiger partial charge in [0.25, 0.3) is 5.91 Å². The van der Waals surface area contributed by atoms with Crippen LogP contribution in [0.4, 0.5) is 0 Å². The molecule has 27 heavy (non-hydrogen) atoms. The molecule has 1 N–H and O–H groups in total. The van der Waals surface area contributed by atoms with Gasteiger partial charge in [-0.25, -0.2) is 0 Å². The average Bonchev–Trinajstić information content (AvgIpc) is 2.99. The fourth-order valence-corrected chi connectivity index (χ4v) is 3.86. The molecule has 0 fully saturated rings. The van der Waals surface area contributed by atoms with Gasteiger partial charge in [-0.15, -0.1) is 10.2 Å². The van der Waals surface area contributed by atoms with E-state index < -0.39 is 0 Å². The number of rotatable bonds is 6. The first kappa shape index (κ1) is 19.7. The quantitative estimate of drug-likeness (QED) is 0.589. The summed E-state index contributed by atoms with van der Waals surface area (Å²) in [5.41, 5.74) is 2.71. The van der Waals surface area contributed by atoms with Crippen molar-refractivity contribution in [2.45, 2.75) is 24.4 Å². The second-order valence-corrected chi connectivity index (χ2v) is 7.82. The van der Waals surface area contributed by atoms with E-state index in [0.29, 0.717) is 33.7 Å². The van der Waals surface area contributed by atoms with Crippen LogP contribution in [0, 0.1) is 6.92 Å². The Labute approximate surface area is 172 Å². The maximum absolute atomic E-state index is 12.2. The van der Waals surface area contributed by atoms with Crippen molar-refractivity contribution in [1.29, 1.82) is 0 Å². The maximum Gasteiger partial charge on any atom is 0.251 e. The molecule has 1 heterocycles. The Morgan fingerprint density at radius 3 is 2.59 bits per heavy atom. The average molecular weight is 421 g/mol. The summed E-state index contributed by atoms with van der Waals surface area (Å²) in [5, 5.41) is 13.2. The summed E-state index contributed by atoms with van der Waals surface area (Å²) in [6, 6.07) is 12.9. The van der Waals surface area contributed by atoms with Crippen molar-refractivity contribution in [3.63, 3.8) is 0 Å². The molecule has 140 valence electrons. The van der Waals surface area contributed by atoms with Crippen LogP contribution in [0.2, 0.25) is 10.0 Å². The Hall–Kier alpha value is -2.02. The van der Waals surface area contributed by atoms with Crippen molar-refractivity contribution in [3.05, 3.63) is 75.0 Å². The van der Waals surface area contributed by atoms with E-state index in [1.807, 2.05) is 42.8 Å². The summed E-state index contributed by atoms with van der Waals surface area (Å²) in [6.45, 7) is 2.29. The van der Waals surface area contributed by atoms with Crippen LogP contribution < -0.4 is 5.32 Å². The molecule has 0 atom stereocenters. The number of aromatic nitrogens is 3. The molecule has 0 spiro atoms. The fraction of sp³-hybridized carbons (Fsp3) is 0.211. The minimum atomic E-state index is -0.139. The zero-order valence-electron chi connectivity index (χ0n) is 14.9. The van der Waals surface area contributed by atoms with E-state index in [2.05, 4.69) is 15.5 Å². The maximum atomic E-state index is 12.2. The third-order valence-corrected chi connectivity index (χ3v) is 5.67. The molecule has 0 aliphatic rings. The zero-order chi connectivity index (χ0) is 19.4. The number of carbonyl (C=O) groups excluding carboxylic acids is 1. The van der Waals surface area contributed by atoms with Crippen molar-refractivity contribution in [2.75, 3.05) is 0 Å². The number of thioether (sulfide) groups is 1. The highest BCUT2D eigenvalue weighted by molar-refractivity contribution is 7.98. The van der Waals surface area contributed by atoms with E-state index in [1.165, 1.54) is 11.8 Å². The van der Waals surface area contributed by atoms with Crippen molar-refractivity contribution < 1.29 is 4.79 Å². The Morgan fingerprint density at radius 2 is 1.89 bits per heavy atom. The summed E-state index contributed by atoms with van der Waals surface area (Å²) in [6.07, 6.45) is 0. The van der Waals surface area contributed by atoms with Crippen LogP contribution in [0.25, 0.3) is 0 Å². The van der Waals surface area contributed by atoms with Gasteiger partial charge in [-0.2, -0.15) is 0 Å². The van der Waals surface area contributed by atoms with Gasteiger partial charge in [0.15, 0.2) is 11.0 Å². The van der Waals surface area contributed by atoms with Crippen LogP contribution in [0.1, 0.15) is 27.3 Å². The number of carbonyl (C=O) groups is 1. The molecule has 0 unspecified atom stereocenters. The Morgan fingerprint density at radius 1 is 1.15 bits per heavy atom. The number of halogens is 2. The van der Waals surface area contributed by atoms with E-state index in [0.717, 1.165) is 16.3 Å². The first-order chi connectivity index (χ1) is 12.9. The minimum absolute atomic E-state index is 0.139. The van der Waals surface area contributed by atoms with Crippen LogP contribution >= 0.6 is 35.0 Å². The number of benzene rings is 2. The van der Waals surface area contributed by atoms with Gasteiger partial charge in [-0.05, 0) is 36.8 Å². The van der Waals surface area contributed by atoms with Gasteiger partial charge in [-0.1, -0.05) is 58.7 Å². The van der Waals surface area contributed by atoms with Crippen LogP contribution in [-0.2, 0) is 19.3 Å². The smallest absolute Gasteiger partial charge is 0.251 e. The SMILES string of the molecule is Cc1ccc(C(=O)NCc2nnc(SCc3ccc(Cl)cc3Cl)n2C)cc1. The number of aryl methyl sites for hydroxylation is 1. The molecule has 5 nitrogen and oxygen atoms in total. The Balaban J connectivity index is 1.59. The lowest BCUT2D eigenvalue weighted by molar-refractivity contribution is 0.0949. The number of nitrogens with one attached hydrogen (secondary N) is 1. The molecule has 0 saturated carbocycles. The lowest BCUT2D eigenvalue weighted by Gasteiger charge is -2.07. The zero-order valence-corrected chi connectivity index (χ0v) is 17.2. The molecule has 1 aromatic heterocycles. The van der Waals surface area contributed by atoms with E-state index >= 15 is 0 Å². The Bertz CT molecular complexity index is 957.